The van der Waals surface area contributed by atoms with Gasteiger partial charge >= 0.3 is 0 Å². The van der Waals surface area contributed by atoms with Gasteiger partial charge in [-0.2, -0.15) is 0 Å². The normalized spacial score (nSPS) is 10.6. The second-order valence-corrected chi connectivity index (χ2v) is 4.39. The molecule has 0 fully saturated rings. The van der Waals surface area contributed by atoms with Crippen LogP contribution in [0.5, 0.6) is 0 Å². The molecule has 0 atom stereocenters. The number of anilines is 1. The van der Waals surface area contributed by atoms with Crippen LogP contribution in [0.1, 0.15) is 12.5 Å². The summed E-state index contributed by atoms with van der Waals surface area (Å²) in [5.41, 5.74) is 7.82. The monoisotopic (exact) mass is 375 g/mol. The number of nitrogens with one attached hydrogen (secondary N) is 1. The lowest BCUT2D eigenvalue weighted by Gasteiger charge is -2.14. The number of hydrogen-bond donors (Lipinski definition) is 2. The van der Waals surface area contributed by atoms with Gasteiger partial charge in [0.05, 0.1) is 6.54 Å². The van der Waals surface area contributed by atoms with Crippen molar-refractivity contribution in [1.82, 2.24) is 10.3 Å². The van der Waals surface area contributed by atoms with Crippen LogP contribution in [0.2, 0.25) is 0 Å². The van der Waals surface area contributed by atoms with E-state index in [1.165, 1.54) is 0 Å². The highest BCUT2D eigenvalue weighted by Crippen LogP contribution is 2.14. The molecule has 0 radical (unpaired) electrons. The first kappa shape index (κ1) is 17.7. The zero-order valence-electron chi connectivity index (χ0n) is 11.7. The van der Waals surface area contributed by atoms with Crippen molar-refractivity contribution in [2.24, 2.45) is 10.7 Å². The third-order valence-electron chi connectivity index (χ3n) is 2.28. The summed E-state index contributed by atoms with van der Waals surface area (Å²) in [6.45, 7) is 6.88. The molecule has 106 valence electrons. The lowest BCUT2D eigenvalue weighted by atomic mass is 10.2. The standard InChI is InChI=1S/C13H21N5.HI/c1-10(2)8-16-13(14)17-9-11-6-5-7-15-12(11)18(3)4;/h5-7H,1,8-9H2,2-4H3,(H3,14,16,17);1H. The van der Waals surface area contributed by atoms with Gasteiger partial charge in [0.25, 0.3) is 0 Å². The molecular formula is C13H22IN5. The molecule has 3 N–H and O–H groups in total. The van der Waals surface area contributed by atoms with Gasteiger partial charge in [0, 0.05) is 32.4 Å². The van der Waals surface area contributed by atoms with E-state index in [9.17, 15) is 0 Å². The number of nitrogens with two attached hydrogens (primary N) is 1. The van der Waals surface area contributed by atoms with Crippen LogP contribution < -0.4 is 16.0 Å². The quantitative estimate of drug-likeness (QED) is 0.356. The fraction of sp³-hybridized carbons (Fsp3) is 0.385. The summed E-state index contributed by atoms with van der Waals surface area (Å²) in [5, 5.41) is 3.00. The van der Waals surface area contributed by atoms with Crippen molar-refractivity contribution in [3.05, 3.63) is 36.0 Å². The Morgan fingerprint density at radius 3 is 2.79 bits per heavy atom. The van der Waals surface area contributed by atoms with Crippen LogP contribution in [0, 0.1) is 0 Å². The van der Waals surface area contributed by atoms with Crippen molar-refractivity contribution >= 4 is 35.8 Å². The van der Waals surface area contributed by atoms with Gasteiger partial charge in [-0.25, -0.2) is 9.98 Å². The fourth-order valence-electron chi connectivity index (χ4n) is 1.42. The van der Waals surface area contributed by atoms with Gasteiger partial charge in [-0.3, -0.25) is 0 Å². The van der Waals surface area contributed by atoms with Crippen LogP contribution in [0.3, 0.4) is 0 Å². The van der Waals surface area contributed by atoms with Crippen molar-refractivity contribution in [3.63, 3.8) is 0 Å². The Balaban J connectivity index is 0.00000324. The largest absolute Gasteiger partial charge is 0.370 e. The summed E-state index contributed by atoms with van der Waals surface area (Å²) in [6.07, 6.45) is 1.77. The highest BCUT2D eigenvalue weighted by molar-refractivity contribution is 14.0. The second-order valence-electron chi connectivity index (χ2n) is 4.39. The molecule has 1 rings (SSSR count). The van der Waals surface area contributed by atoms with E-state index in [-0.39, 0.29) is 24.0 Å². The van der Waals surface area contributed by atoms with Crippen LogP contribution in [0.4, 0.5) is 5.82 Å². The molecule has 0 aliphatic rings. The van der Waals surface area contributed by atoms with E-state index < -0.39 is 0 Å². The van der Waals surface area contributed by atoms with Crippen molar-refractivity contribution < 1.29 is 0 Å². The first-order chi connectivity index (χ1) is 8.50. The smallest absolute Gasteiger partial charge is 0.189 e. The van der Waals surface area contributed by atoms with Gasteiger partial charge < -0.3 is 16.0 Å². The Hall–Kier alpha value is -1.31. The summed E-state index contributed by atoms with van der Waals surface area (Å²) in [4.78, 5) is 10.6. The minimum absolute atomic E-state index is 0. The third-order valence-corrected chi connectivity index (χ3v) is 2.28. The fourth-order valence-corrected chi connectivity index (χ4v) is 1.42. The van der Waals surface area contributed by atoms with E-state index >= 15 is 0 Å². The Labute approximate surface area is 132 Å². The third kappa shape index (κ3) is 6.42. The van der Waals surface area contributed by atoms with Crippen LogP contribution in [0.15, 0.2) is 35.5 Å². The molecule has 0 bridgehead atoms. The van der Waals surface area contributed by atoms with Crippen LogP contribution >= 0.6 is 24.0 Å². The predicted molar refractivity (Wildman–Crippen MR) is 92.1 cm³/mol. The second kappa shape index (κ2) is 8.73. The molecule has 0 aliphatic carbocycles. The molecule has 1 heterocycles. The Morgan fingerprint density at radius 1 is 1.53 bits per heavy atom. The summed E-state index contributed by atoms with van der Waals surface area (Å²) in [7, 11) is 3.91. The molecular weight excluding hydrogens is 353 g/mol. The van der Waals surface area contributed by atoms with E-state index in [0.717, 1.165) is 17.0 Å². The maximum absolute atomic E-state index is 5.76. The van der Waals surface area contributed by atoms with E-state index in [1.54, 1.807) is 6.20 Å². The Morgan fingerprint density at radius 2 is 2.21 bits per heavy atom. The molecule has 0 amide bonds. The van der Waals surface area contributed by atoms with Gasteiger partial charge in [0.1, 0.15) is 5.82 Å². The molecule has 19 heavy (non-hydrogen) atoms. The lowest BCUT2D eigenvalue weighted by molar-refractivity contribution is 0.929. The maximum Gasteiger partial charge on any atom is 0.189 e. The molecule has 0 aliphatic heterocycles. The summed E-state index contributed by atoms with van der Waals surface area (Å²) in [5.74, 6) is 1.33. The zero-order chi connectivity index (χ0) is 13.5. The number of hydrogen-bond acceptors (Lipinski definition) is 3. The number of halogens is 1. The molecule has 1 aromatic heterocycles. The highest BCUT2D eigenvalue weighted by atomic mass is 127. The van der Waals surface area contributed by atoms with Crippen molar-refractivity contribution in [2.75, 3.05) is 25.5 Å². The minimum atomic E-state index is 0. The van der Waals surface area contributed by atoms with Crippen LogP contribution in [0.25, 0.3) is 0 Å². The summed E-state index contributed by atoms with van der Waals surface area (Å²) in [6, 6.07) is 3.90. The highest BCUT2D eigenvalue weighted by Gasteiger charge is 2.04. The van der Waals surface area contributed by atoms with Crippen molar-refractivity contribution in [2.45, 2.75) is 13.5 Å². The van der Waals surface area contributed by atoms with Crippen molar-refractivity contribution in [3.8, 4) is 0 Å². The number of pyridine rings is 1. The van der Waals surface area contributed by atoms with E-state index in [2.05, 4.69) is 21.9 Å². The molecule has 6 heteroatoms. The van der Waals surface area contributed by atoms with Crippen LogP contribution in [-0.2, 0) is 6.54 Å². The number of aromatic nitrogens is 1. The first-order valence-electron chi connectivity index (χ1n) is 5.80. The van der Waals surface area contributed by atoms with Crippen LogP contribution in [-0.4, -0.2) is 31.6 Å². The minimum Gasteiger partial charge on any atom is -0.370 e. The summed E-state index contributed by atoms with van der Waals surface area (Å²) >= 11 is 0. The molecule has 0 spiro atoms. The SMILES string of the molecule is C=C(C)CNC(N)=NCc1cccnc1N(C)C.I. The predicted octanol–water partition coefficient (Wildman–Crippen LogP) is 1.75. The first-order valence-corrected chi connectivity index (χ1v) is 5.80. The van der Waals surface area contributed by atoms with Gasteiger partial charge in [-0.05, 0) is 13.0 Å². The maximum atomic E-state index is 5.76. The van der Waals surface area contributed by atoms with E-state index in [4.69, 9.17) is 5.73 Å². The molecule has 5 nitrogen and oxygen atoms in total. The Kier molecular flexibility index (Phi) is 8.13. The lowest BCUT2D eigenvalue weighted by Crippen LogP contribution is -2.32. The Bertz CT molecular complexity index is 442. The van der Waals surface area contributed by atoms with Gasteiger partial charge in [0.15, 0.2) is 5.96 Å². The molecule has 0 unspecified atom stereocenters. The van der Waals surface area contributed by atoms with Crippen molar-refractivity contribution in [1.29, 1.82) is 0 Å². The van der Waals surface area contributed by atoms with Gasteiger partial charge in [0.2, 0.25) is 0 Å². The summed E-state index contributed by atoms with van der Waals surface area (Å²) < 4.78 is 0. The van der Waals surface area contributed by atoms with Gasteiger partial charge in [-0.1, -0.05) is 18.2 Å². The average Bonchev–Trinajstić information content (AvgIpc) is 2.34. The molecule has 0 aromatic carbocycles. The molecule has 1 aromatic rings. The van der Waals surface area contributed by atoms with E-state index in [0.29, 0.717) is 19.0 Å². The number of rotatable bonds is 5. The molecule has 0 saturated carbocycles. The topological polar surface area (TPSA) is 66.5 Å². The number of guanidine groups is 1. The number of nitrogens with zero attached hydrogens (tertiary/aromatic N) is 3. The van der Waals surface area contributed by atoms with E-state index in [1.807, 2.05) is 38.1 Å². The average molecular weight is 375 g/mol. The molecule has 0 saturated heterocycles. The van der Waals surface area contributed by atoms with Gasteiger partial charge in [-0.15, -0.1) is 24.0 Å². The number of aliphatic imine (C=N–C) groups is 1. The zero-order valence-corrected chi connectivity index (χ0v) is 14.0.